The Morgan fingerprint density at radius 3 is 2.48 bits per heavy atom. The van der Waals surface area contributed by atoms with Gasteiger partial charge in [0.1, 0.15) is 0 Å². The van der Waals surface area contributed by atoms with Crippen molar-refractivity contribution in [2.45, 2.75) is 32.4 Å². The van der Waals surface area contributed by atoms with Crippen LogP contribution in [-0.2, 0) is 11.3 Å². The standard InChI is InChI=1S/C22H26N2O/c1-18-7-5-6-10-20(18)17-24-15-13-21(14-16-24)23-22(25)12-11-19-8-3-2-4-9-19/h2-12,21H,13-17H2,1H3,(H,23,25)/b12-11+. The minimum absolute atomic E-state index is 0.00112. The number of hydrogen-bond acceptors (Lipinski definition) is 2. The lowest BCUT2D eigenvalue weighted by Gasteiger charge is -2.32. The fourth-order valence-corrected chi connectivity index (χ4v) is 3.25. The molecule has 1 N–H and O–H groups in total. The van der Waals surface area contributed by atoms with Gasteiger partial charge >= 0.3 is 0 Å². The molecular formula is C22H26N2O. The maximum atomic E-state index is 12.1. The van der Waals surface area contributed by atoms with Gasteiger partial charge in [0.15, 0.2) is 0 Å². The molecular weight excluding hydrogens is 308 g/mol. The Labute approximate surface area is 150 Å². The van der Waals surface area contributed by atoms with Crippen LogP contribution in [0.5, 0.6) is 0 Å². The van der Waals surface area contributed by atoms with Crippen LogP contribution >= 0.6 is 0 Å². The Morgan fingerprint density at radius 2 is 1.76 bits per heavy atom. The first kappa shape index (κ1) is 17.4. The number of rotatable bonds is 5. The molecule has 2 aromatic carbocycles. The fourth-order valence-electron chi connectivity index (χ4n) is 3.25. The molecule has 1 heterocycles. The van der Waals surface area contributed by atoms with Gasteiger partial charge in [-0.2, -0.15) is 0 Å². The van der Waals surface area contributed by atoms with Crippen LogP contribution in [0.25, 0.3) is 6.08 Å². The Kier molecular flexibility index (Phi) is 6.02. The summed E-state index contributed by atoms with van der Waals surface area (Å²) in [6.07, 6.45) is 5.52. The van der Waals surface area contributed by atoms with Crippen molar-refractivity contribution in [2.24, 2.45) is 0 Å². The van der Waals surface area contributed by atoms with Crippen LogP contribution in [0.4, 0.5) is 0 Å². The van der Waals surface area contributed by atoms with Crippen molar-refractivity contribution >= 4 is 12.0 Å². The maximum absolute atomic E-state index is 12.1. The van der Waals surface area contributed by atoms with Crippen LogP contribution < -0.4 is 5.32 Å². The Morgan fingerprint density at radius 1 is 1.08 bits per heavy atom. The summed E-state index contributed by atoms with van der Waals surface area (Å²) < 4.78 is 0. The number of nitrogens with zero attached hydrogens (tertiary/aromatic N) is 1. The Balaban J connectivity index is 1.44. The van der Waals surface area contributed by atoms with Crippen LogP contribution in [0, 0.1) is 6.92 Å². The molecule has 1 fully saturated rings. The monoisotopic (exact) mass is 334 g/mol. The predicted octanol–water partition coefficient (Wildman–Crippen LogP) is 3.79. The molecule has 3 nitrogen and oxygen atoms in total. The van der Waals surface area contributed by atoms with E-state index in [1.807, 2.05) is 36.4 Å². The number of aryl methyl sites for hydroxylation is 1. The van der Waals surface area contributed by atoms with Gasteiger partial charge in [0.05, 0.1) is 0 Å². The highest BCUT2D eigenvalue weighted by Gasteiger charge is 2.20. The number of amides is 1. The van der Waals surface area contributed by atoms with E-state index in [-0.39, 0.29) is 11.9 Å². The van der Waals surface area contributed by atoms with Crippen LogP contribution in [0.15, 0.2) is 60.7 Å². The van der Waals surface area contributed by atoms with Crippen molar-refractivity contribution in [1.82, 2.24) is 10.2 Å². The largest absolute Gasteiger partial charge is 0.350 e. The van der Waals surface area contributed by atoms with Gasteiger partial charge in [-0.25, -0.2) is 0 Å². The second-order valence-electron chi connectivity index (χ2n) is 6.73. The molecule has 0 bridgehead atoms. The van der Waals surface area contributed by atoms with Gasteiger partial charge in [0, 0.05) is 31.8 Å². The molecule has 0 saturated carbocycles. The first-order valence-corrected chi connectivity index (χ1v) is 9.01. The molecule has 3 rings (SSSR count). The average molecular weight is 334 g/mol. The van der Waals surface area contributed by atoms with E-state index in [4.69, 9.17) is 0 Å². The first-order valence-electron chi connectivity index (χ1n) is 9.01. The second kappa shape index (κ2) is 8.63. The topological polar surface area (TPSA) is 32.3 Å². The van der Waals surface area contributed by atoms with Crippen molar-refractivity contribution in [3.05, 3.63) is 77.4 Å². The molecule has 1 aliphatic rings. The van der Waals surface area contributed by atoms with E-state index in [9.17, 15) is 4.79 Å². The van der Waals surface area contributed by atoms with Crippen molar-refractivity contribution in [2.75, 3.05) is 13.1 Å². The molecule has 25 heavy (non-hydrogen) atoms. The summed E-state index contributed by atoms with van der Waals surface area (Å²) >= 11 is 0. The molecule has 1 amide bonds. The summed E-state index contributed by atoms with van der Waals surface area (Å²) in [5.41, 5.74) is 3.80. The molecule has 1 aliphatic heterocycles. The molecule has 3 heteroatoms. The van der Waals surface area contributed by atoms with E-state index < -0.39 is 0 Å². The average Bonchev–Trinajstić information content (AvgIpc) is 2.64. The van der Waals surface area contributed by atoms with Crippen LogP contribution in [-0.4, -0.2) is 29.9 Å². The highest BCUT2D eigenvalue weighted by Crippen LogP contribution is 2.16. The first-order chi connectivity index (χ1) is 12.2. The number of piperidine rings is 1. The molecule has 130 valence electrons. The van der Waals surface area contributed by atoms with E-state index in [2.05, 4.69) is 41.4 Å². The molecule has 0 aromatic heterocycles. The van der Waals surface area contributed by atoms with E-state index >= 15 is 0 Å². The summed E-state index contributed by atoms with van der Waals surface area (Å²) in [5, 5.41) is 3.13. The maximum Gasteiger partial charge on any atom is 0.244 e. The summed E-state index contributed by atoms with van der Waals surface area (Å²) in [6.45, 7) is 5.23. The van der Waals surface area contributed by atoms with E-state index in [0.29, 0.717) is 0 Å². The number of hydrogen-bond donors (Lipinski definition) is 1. The number of carbonyl (C=O) groups is 1. The number of carbonyl (C=O) groups excluding carboxylic acids is 1. The lowest BCUT2D eigenvalue weighted by molar-refractivity contribution is -0.117. The normalized spacial score (nSPS) is 16.2. The van der Waals surface area contributed by atoms with Gasteiger partial charge in [0.2, 0.25) is 5.91 Å². The van der Waals surface area contributed by atoms with E-state index in [0.717, 1.165) is 38.0 Å². The van der Waals surface area contributed by atoms with Crippen molar-refractivity contribution < 1.29 is 4.79 Å². The van der Waals surface area contributed by atoms with Crippen LogP contribution in [0.1, 0.15) is 29.5 Å². The number of nitrogens with one attached hydrogen (secondary N) is 1. The lowest BCUT2D eigenvalue weighted by atomic mass is 10.0. The second-order valence-corrected chi connectivity index (χ2v) is 6.73. The van der Waals surface area contributed by atoms with Gasteiger partial charge in [-0.3, -0.25) is 9.69 Å². The summed E-state index contributed by atoms with van der Waals surface area (Å²) in [7, 11) is 0. The Hall–Kier alpha value is -2.39. The lowest BCUT2D eigenvalue weighted by Crippen LogP contribution is -2.43. The summed E-state index contributed by atoms with van der Waals surface area (Å²) in [5.74, 6) is 0.00112. The highest BCUT2D eigenvalue weighted by atomic mass is 16.1. The molecule has 0 spiro atoms. The van der Waals surface area contributed by atoms with Crippen molar-refractivity contribution in [3.8, 4) is 0 Å². The van der Waals surface area contributed by atoms with Gasteiger partial charge in [-0.15, -0.1) is 0 Å². The number of benzene rings is 2. The summed E-state index contributed by atoms with van der Waals surface area (Å²) in [4.78, 5) is 14.6. The van der Waals surface area contributed by atoms with Gasteiger partial charge in [0.25, 0.3) is 0 Å². The van der Waals surface area contributed by atoms with Gasteiger partial charge < -0.3 is 5.32 Å². The third-order valence-electron chi connectivity index (χ3n) is 4.82. The van der Waals surface area contributed by atoms with E-state index in [1.54, 1.807) is 6.08 Å². The molecule has 0 atom stereocenters. The third kappa shape index (κ3) is 5.30. The van der Waals surface area contributed by atoms with Crippen LogP contribution in [0.2, 0.25) is 0 Å². The van der Waals surface area contributed by atoms with E-state index in [1.165, 1.54) is 11.1 Å². The molecule has 1 saturated heterocycles. The van der Waals surface area contributed by atoms with Gasteiger partial charge in [-0.1, -0.05) is 54.6 Å². The summed E-state index contributed by atoms with van der Waals surface area (Å²) in [6, 6.07) is 18.8. The Bertz CT molecular complexity index is 716. The molecule has 0 unspecified atom stereocenters. The molecule has 0 radical (unpaired) electrons. The van der Waals surface area contributed by atoms with Crippen molar-refractivity contribution in [3.63, 3.8) is 0 Å². The zero-order valence-corrected chi connectivity index (χ0v) is 14.8. The SMILES string of the molecule is Cc1ccccc1CN1CCC(NC(=O)/C=C/c2ccccc2)CC1. The minimum atomic E-state index is 0.00112. The quantitative estimate of drug-likeness (QED) is 0.844. The highest BCUT2D eigenvalue weighted by molar-refractivity contribution is 5.91. The minimum Gasteiger partial charge on any atom is -0.350 e. The van der Waals surface area contributed by atoms with Crippen LogP contribution in [0.3, 0.4) is 0 Å². The molecule has 0 aliphatic carbocycles. The fraction of sp³-hybridized carbons (Fsp3) is 0.318. The molecule has 2 aromatic rings. The smallest absolute Gasteiger partial charge is 0.244 e. The number of likely N-dealkylation sites (tertiary alicyclic amines) is 1. The zero-order valence-electron chi connectivity index (χ0n) is 14.8. The van der Waals surface area contributed by atoms with Crippen molar-refractivity contribution in [1.29, 1.82) is 0 Å². The van der Waals surface area contributed by atoms with Gasteiger partial charge in [-0.05, 0) is 42.5 Å². The zero-order chi connectivity index (χ0) is 17.5. The third-order valence-corrected chi connectivity index (χ3v) is 4.82. The predicted molar refractivity (Wildman–Crippen MR) is 103 cm³/mol.